The molecule has 0 amide bonds. The van der Waals surface area contributed by atoms with Crippen LogP contribution in [0.2, 0.25) is 5.02 Å². The first-order valence-electron chi connectivity index (χ1n) is 3.95. The van der Waals surface area contributed by atoms with E-state index in [0.717, 1.165) is 16.3 Å². The summed E-state index contributed by atoms with van der Waals surface area (Å²) in [5.41, 5.74) is 1.88. The maximum atomic E-state index is 5.77. The molecule has 2 aromatic rings. The Morgan fingerprint density at radius 2 is 1.92 bits per heavy atom. The molecule has 0 aliphatic carbocycles. The highest BCUT2D eigenvalue weighted by atomic mass is 35.5. The van der Waals surface area contributed by atoms with E-state index in [4.69, 9.17) is 11.6 Å². The molecule has 0 spiro atoms. The van der Waals surface area contributed by atoms with E-state index in [0.29, 0.717) is 0 Å². The van der Waals surface area contributed by atoms with Crippen molar-refractivity contribution in [1.82, 2.24) is 4.98 Å². The van der Waals surface area contributed by atoms with Crippen molar-refractivity contribution in [2.45, 2.75) is 0 Å². The Balaban J connectivity index is 2.42. The summed E-state index contributed by atoms with van der Waals surface area (Å²) in [5.74, 6) is 0. The highest BCUT2D eigenvalue weighted by molar-refractivity contribution is 6.30. The summed E-state index contributed by atoms with van der Waals surface area (Å²) < 4.78 is 0. The summed E-state index contributed by atoms with van der Waals surface area (Å²) in [4.78, 5) is 4.18. The van der Waals surface area contributed by atoms with Gasteiger partial charge in [-0.25, -0.2) is 0 Å². The third kappa shape index (κ3) is 1.87. The van der Waals surface area contributed by atoms with E-state index in [2.05, 4.69) is 11.1 Å². The van der Waals surface area contributed by atoms with Crippen molar-refractivity contribution in [3.05, 3.63) is 53.7 Å². The average Bonchev–Trinajstić information content (AvgIpc) is 2.20. The molecule has 1 radical (unpaired) electrons. The van der Waals surface area contributed by atoms with Crippen LogP contribution in [0.1, 0.15) is 0 Å². The molecule has 1 heterocycles. The Hall–Kier alpha value is -1.34. The number of aromatic nitrogens is 1. The molecule has 1 nitrogen and oxygen atoms in total. The Morgan fingerprint density at radius 1 is 1.15 bits per heavy atom. The monoisotopic (exact) mass is 188 g/mol. The summed E-state index contributed by atoms with van der Waals surface area (Å²) in [6.07, 6.45) is 1.75. The molecule has 0 aliphatic rings. The fourth-order valence-corrected chi connectivity index (χ4v) is 1.22. The first-order chi connectivity index (χ1) is 6.36. The molecular formula is C11H7ClN. The first-order valence-corrected chi connectivity index (χ1v) is 4.33. The number of benzene rings is 1. The van der Waals surface area contributed by atoms with Crippen molar-refractivity contribution in [2.24, 2.45) is 0 Å². The van der Waals surface area contributed by atoms with Gasteiger partial charge in [-0.05, 0) is 18.2 Å². The zero-order chi connectivity index (χ0) is 9.10. The van der Waals surface area contributed by atoms with Gasteiger partial charge in [-0.1, -0.05) is 29.8 Å². The molecule has 0 fully saturated rings. The minimum atomic E-state index is 0.736. The number of rotatable bonds is 1. The second kappa shape index (κ2) is 3.58. The van der Waals surface area contributed by atoms with E-state index in [1.54, 1.807) is 6.20 Å². The van der Waals surface area contributed by atoms with Crippen molar-refractivity contribution in [3.63, 3.8) is 0 Å². The first kappa shape index (κ1) is 8.27. The van der Waals surface area contributed by atoms with Crippen LogP contribution in [0.3, 0.4) is 0 Å². The maximum Gasteiger partial charge on any atom is 0.0781 e. The Morgan fingerprint density at radius 3 is 2.54 bits per heavy atom. The molecule has 1 aromatic heterocycles. The normalized spacial score (nSPS) is 9.92. The largest absolute Gasteiger partial charge is 0.256 e. The standard InChI is InChI=1S/C11H7ClN/c12-10-6-4-9(5-7-10)11-3-1-2-8-13-11/h1-2,4-8H. The zero-order valence-corrected chi connectivity index (χ0v) is 7.62. The zero-order valence-electron chi connectivity index (χ0n) is 6.87. The van der Waals surface area contributed by atoms with Gasteiger partial charge in [0.1, 0.15) is 0 Å². The number of halogens is 1. The molecule has 63 valence electrons. The molecule has 0 unspecified atom stereocenters. The Bertz CT molecular complexity index is 381. The maximum absolute atomic E-state index is 5.77. The molecule has 2 heteroatoms. The van der Waals surface area contributed by atoms with Crippen molar-refractivity contribution < 1.29 is 0 Å². The number of nitrogens with zero attached hydrogens (tertiary/aromatic N) is 1. The van der Waals surface area contributed by atoms with Crippen LogP contribution < -0.4 is 0 Å². The van der Waals surface area contributed by atoms with Gasteiger partial charge in [-0.3, -0.25) is 4.98 Å². The fourth-order valence-electron chi connectivity index (χ4n) is 1.09. The van der Waals surface area contributed by atoms with Gasteiger partial charge in [0.2, 0.25) is 0 Å². The third-order valence-corrected chi connectivity index (χ3v) is 1.98. The average molecular weight is 189 g/mol. The summed E-state index contributed by atoms with van der Waals surface area (Å²) in [5, 5.41) is 0.736. The van der Waals surface area contributed by atoms with Gasteiger partial charge in [0.15, 0.2) is 0 Å². The highest BCUT2D eigenvalue weighted by Gasteiger charge is 1.96. The minimum Gasteiger partial charge on any atom is -0.256 e. The number of hydrogen-bond acceptors (Lipinski definition) is 1. The molecular weight excluding hydrogens is 182 g/mol. The Kier molecular flexibility index (Phi) is 2.28. The molecule has 0 aliphatic heterocycles. The fraction of sp³-hybridized carbons (Fsp3) is 0. The van der Waals surface area contributed by atoms with Crippen LogP contribution >= 0.6 is 11.6 Å². The second-order valence-corrected chi connectivity index (χ2v) is 3.07. The molecule has 0 N–H and O–H groups in total. The number of pyridine rings is 1. The van der Waals surface area contributed by atoms with Crippen molar-refractivity contribution in [1.29, 1.82) is 0 Å². The van der Waals surface area contributed by atoms with Gasteiger partial charge in [0.05, 0.1) is 5.69 Å². The van der Waals surface area contributed by atoms with E-state index in [9.17, 15) is 0 Å². The molecule has 0 atom stereocenters. The predicted octanol–water partition coefficient (Wildman–Crippen LogP) is 3.20. The van der Waals surface area contributed by atoms with Crippen LogP contribution in [0.5, 0.6) is 0 Å². The Labute approximate surface area is 82.0 Å². The summed E-state index contributed by atoms with van der Waals surface area (Å²) in [6, 6.07) is 14.3. The molecule has 13 heavy (non-hydrogen) atoms. The number of hydrogen-bond donors (Lipinski definition) is 0. The lowest BCUT2D eigenvalue weighted by molar-refractivity contribution is 1.32. The lowest BCUT2D eigenvalue weighted by atomic mass is 10.1. The minimum absolute atomic E-state index is 0.736. The van der Waals surface area contributed by atoms with Crippen molar-refractivity contribution in [2.75, 3.05) is 0 Å². The lowest BCUT2D eigenvalue weighted by Crippen LogP contribution is -1.80. The van der Waals surface area contributed by atoms with Gasteiger partial charge in [-0.15, -0.1) is 0 Å². The second-order valence-electron chi connectivity index (χ2n) is 2.64. The lowest BCUT2D eigenvalue weighted by Gasteiger charge is -1.98. The SMILES string of the molecule is Clc1ccc(-c2[c]cccn2)cc1. The van der Waals surface area contributed by atoms with Crippen LogP contribution in [0.25, 0.3) is 11.3 Å². The van der Waals surface area contributed by atoms with E-state index in [1.807, 2.05) is 36.4 Å². The summed E-state index contributed by atoms with van der Waals surface area (Å²) in [7, 11) is 0. The van der Waals surface area contributed by atoms with Crippen LogP contribution in [-0.2, 0) is 0 Å². The van der Waals surface area contributed by atoms with E-state index in [1.165, 1.54) is 0 Å². The van der Waals surface area contributed by atoms with Crippen LogP contribution in [0.4, 0.5) is 0 Å². The van der Waals surface area contributed by atoms with Crippen molar-refractivity contribution in [3.8, 4) is 11.3 Å². The molecule has 0 saturated heterocycles. The third-order valence-electron chi connectivity index (χ3n) is 1.72. The van der Waals surface area contributed by atoms with Crippen LogP contribution in [0.15, 0.2) is 42.6 Å². The van der Waals surface area contributed by atoms with Gasteiger partial charge in [0, 0.05) is 22.8 Å². The molecule has 2 rings (SSSR count). The van der Waals surface area contributed by atoms with E-state index >= 15 is 0 Å². The molecule has 0 saturated carbocycles. The van der Waals surface area contributed by atoms with E-state index < -0.39 is 0 Å². The van der Waals surface area contributed by atoms with Gasteiger partial charge in [0.25, 0.3) is 0 Å². The predicted molar refractivity (Wildman–Crippen MR) is 53.5 cm³/mol. The van der Waals surface area contributed by atoms with Crippen LogP contribution in [0, 0.1) is 6.07 Å². The summed E-state index contributed by atoms with van der Waals surface area (Å²) in [6.45, 7) is 0. The van der Waals surface area contributed by atoms with Crippen LogP contribution in [-0.4, -0.2) is 4.98 Å². The van der Waals surface area contributed by atoms with Gasteiger partial charge >= 0.3 is 0 Å². The molecule has 1 aromatic carbocycles. The quantitative estimate of drug-likeness (QED) is 0.670. The van der Waals surface area contributed by atoms with Crippen molar-refractivity contribution >= 4 is 11.6 Å². The molecule has 0 bridgehead atoms. The van der Waals surface area contributed by atoms with Gasteiger partial charge < -0.3 is 0 Å². The van der Waals surface area contributed by atoms with Gasteiger partial charge in [-0.2, -0.15) is 0 Å². The summed E-state index contributed by atoms with van der Waals surface area (Å²) >= 11 is 5.77. The topological polar surface area (TPSA) is 12.9 Å². The highest BCUT2D eigenvalue weighted by Crippen LogP contribution is 2.18. The smallest absolute Gasteiger partial charge is 0.0781 e. The van der Waals surface area contributed by atoms with E-state index in [-0.39, 0.29) is 0 Å².